The van der Waals surface area contributed by atoms with Gasteiger partial charge in [0.1, 0.15) is 6.61 Å². The second-order valence-electron chi connectivity index (χ2n) is 7.05. The Morgan fingerprint density at radius 2 is 1.79 bits per heavy atom. The molecule has 0 saturated carbocycles. The van der Waals surface area contributed by atoms with Crippen molar-refractivity contribution in [3.8, 4) is 0 Å². The Bertz CT molecular complexity index is 638. The Labute approximate surface area is 167 Å². The van der Waals surface area contributed by atoms with Crippen molar-refractivity contribution >= 4 is 23.9 Å². The van der Waals surface area contributed by atoms with Gasteiger partial charge in [-0.15, -0.1) is 0 Å². The Balaban J connectivity index is 3.41. The molecule has 166 valence electrons. The van der Waals surface area contributed by atoms with Crippen LogP contribution in [0, 0.1) is 5.92 Å². The highest BCUT2D eigenvalue weighted by Gasteiger charge is 2.56. The van der Waals surface area contributed by atoms with Gasteiger partial charge in [-0.1, -0.05) is 6.92 Å². The first-order chi connectivity index (χ1) is 13.4. The third-order valence-corrected chi connectivity index (χ3v) is 4.42. The normalized spacial score (nSPS) is 30.9. The number of ether oxygens (including phenoxy) is 5. The molecule has 1 aliphatic rings. The SMILES string of the molecule is COC(=O)C1(O)OCC(OC(C)=O)(C(COC(C)=O)OC(C)=O)CC(C)CC1F. The number of hydrogen-bond donors (Lipinski definition) is 1. The number of aliphatic hydroxyl groups is 1. The van der Waals surface area contributed by atoms with Gasteiger partial charge >= 0.3 is 23.9 Å². The molecule has 0 bridgehead atoms. The Morgan fingerprint density at radius 1 is 1.17 bits per heavy atom. The Kier molecular flexibility index (Phi) is 8.51. The fraction of sp³-hybridized carbons (Fsp3) is 0.778. The van der Waals surface area contributed by atoms with E-state index in [1.54, 1.807) is 6.92 Å². The summed E-state index contributed by atoms with van der Waals surface area (Å²) in [6.07, 6.45) is -3.88. The van der Waals surface area contributed by atoms with E-state index in [4.69, 9.17) is 18.9 Å². The van der Waals surface area contributed by atoms with Crippen LogP contribution in [-0.2, 0) is 42.9 Å². The Hall–Kier alpha value is -2.27. The van der Waals surface area contributed by atoms with E-state index in [9.17, 15) is 28.7 Å². The first-order valence-electron chi connectivity index (χ1n) is 8.95. The highest BCUT2D eigenvalue weighted by molar-refractivity contribution is 5.78. The van der Waals surface area contributed by atoms with Gasteiger partial charge in [-0.2, -0.15) is 0 Å². The van der Waals surface area contributed by atoms with Crippen LogP contribution in [0.15, 0.2) is 0 Å². The van der Waals surface area contributed by atoms with E-state index >= 15 is 0 Å². The van der Waals surface area contributed by atoms with Gasteiger partial charge in [0.15, 0.2) is 17.9 Å². The lowest BCUT2D eigenvalue weighted by Gasteiger charge is -2.44. The minimum Gasteiger partial charge on any atom is -0.465 e. The molecule has 10 nitrogen and oxygen atoms in total. The minimum atomic E-state index is -2.96. The zero-order valence-electron chi connectivity index (χ0n) is 17.1. The van der Waals surface area contributed by atoms with Gasteiger partial charge in [0.2, 0.25) is 0 Å². The lowest BCUT2D eigenvalue weighted by Crippen LogP contribution is -2.61. The van der Waals surface area contributed by atoms with Crippen molar-refractivity contribution < 1.29 is 52.4 Å². The van der Waals surface area contributed by atoms with E-state index < -0.39 is 66.7 Å². The molecule has 0 aromatic heterocycles. The third kappa shape index (κ3) is 6.36. The molecule has 5 unspecified atom stereocenters. The molecule has 1 fully saturated rings. The van der Waals surface area contributed by atoms with Crippen molar-refractivity contribution in [3.05, 3.63) is 0 Å². The van der Waals surface area contributed by atoms with E-state index in [0.29, 0.717) is 0 Å². The summed E-state index contributed by atoms with van der Waals surface area (Å²) in [4.78, 5) is 46.6. The van der Waals surface area contributed by atoms with Crippen LogP contribution in [0.4, 0.5) is 4.39 Å². The predicted octanol–water partition coefficient (Wildman–Crippen LogP) is 0.429. The fourth-order valence-corrected chi connectivity index (χ4v) is 3.23. The molecule has 0 amide bonds. The van der Waals surface area contributed by atoms with Crippen LogP contribution in [0.2, 0.25) is 0 Å². The van der Waals surface area contributed by atoms with Crippen molar-refractivity contribution in [2.45, 2.75) is 64.2 Å². The smallest absolute Gasteiger partial charge is 0.369 e. The van der Waals surface area contributed by atoms with Crippen LogP contribution >= 0.6 is 0 Å². The topological polar surface area (TPSA) is 135 Å². The largest absolute Gasteiger partial charge is 0.465 e. The Morgan fingerprint density at radius 3 is 2.28 bits per heavy atom. The molecule has 5 atom stereocenters. The summed E-state index contributed by atoms with van der Waals surface area (Å²) in [5.41, 5.74) is -1.77. The molecule has 29 heavy (non-hydrogen) atoms. The number of esters is 4. The summed E-state index contributed by atoms with van der Waals surface area (Å²) in [7, 11) is 0.945. The minimum absolute atomic E-state index is 0.0660. The van der Waals surface area contributed by atoms with E-state index in [1.165, 1.54) is 0 Å². The van der Waals surface area contributed by atoms with Crippen LogP contribution in [0.3, 0.4) is 0 Å². The summed E-state index contributed by atoms with van der Waals surface area (Å²) >= 11 is 0. The van der Waals surface area contributed by atoms with E-state index in [0.717, 1.165) is 27.9 Å². The summed E-state index contributed by atoms with van der Waals surface area (Å²) in [5.74, 6) is -7.15. The number of alkyl halides is 1. The van der Waals surface area contributed by atoms with E-state index in [-0.39, 0.29) is 12.8 Å². The molecule has 11 heteroatoms. The van der Waals surface area contributed by atoms with Crippen LogP contribution in [-0.4, -0.2) is 73.0 Å². The molecular weight excluding hydrogens is 395 g/mol. The fourth-order valence-electron chi connectivity index (χ4n) is 3.23. The molecule has 0 aromatic rings. The number of halogens is 1. The van der Waals surface area contributed by atoms with E-state index in [2.05, 4.69) is 4.74 Å². The van der Waals surface area contributed by atoms with Gasteiger partial charge in [0.25, 0.3) is 5.79 Å². The van der Waals surface area contributed by atoms with Crippen molar-refractivity contribution in [2.24, 2.45) is 5.92 Å². The molecule has 1 saturated heterocycles. The summed E-state index contributed by atoms with van der Waals surface area (Å²) in [5, 5.41) is 10.5. The number of rotatable bonds is 6. The lowest BCUT2D eigenvalue weighted by molar-refractivity contribution is -0.284. The molecular formula is C18H27FO10. The number of carbonyl (C=O) groups is 4. The van der Waals surface area contributed by atoms with Gasteiger partial charge in [-0.05, 0) is 18.8 Å². The van der Waals surface area contributed by atoms with Crippen LogP contribution in [0.1, 0.15) is 40.5 Å². The van der Waals surface area contributed by atoms with Crippen molar-refractivity contribution in [3.63, 3.8) is 0 Å². The average Bonchev–Trinajstić information content (AvgIpc) is 2.60. The molecule has 0 spiro atoms. The summed E-state index contributed by atoms with van der Waals surface area (Å²) in [6.45, 7) is 3.68. The molecule has 1 heterocycles. The van der Waals surface area contributed by atoms with Gasteiger partial charge < -0.3 is 28.8 Å². The number of carbonyl (C=O) groups excluding carboxylic acids is 4. The molecule has 1 aliphatic heterocycles. The molecule has 0 radical (unpaired) electrons. The third-order valence-electron chi connectivity index (χ3n) is 4.42. The first kappa shape index (κ1) is 24.8. The predicted molar refractivity (Wildman–Crippen MR) is 92.9 cm³/mol. The quantitative estimate of drug-likeness (QED) is 0.474. The van der Waals surface area contributed by atoms with Gasteiger partial charge in [0.05, 0.1) is 13.7 Å². The summed E-state index contributed by atoms with van der Waals surface area (Å²) < 4.78 is 39.7. The van der Waals surface area contributed by atoms with Crippen molar-refractivity contribution in [1.29, 1.82) is 0 Å². The monoisotopic (exact) mass is 422 g/mol. The maximum atomic E-state index is 14.6. The maximum absolute atomic E-state index is 14.6. The number of methoxy groups -OCH3 is 1. The molecule has 1 N–H and O–H groups in total. The van der Waals surface area contributed by atoms with E-state index in [1.807, 2.05) is 0 Å². The highest BCUT2D eigenvalue weighted by Crippen LogP contribution is 2.37. The highest BCUT2D eigenvalue weighted by atomic mass is 19.1. The second-order valence-corrected chi connectivity index (χ2v) is 7.05. The van der Waals surface area contributed by atoms with Crippen LogP contribution < -0.4 is 0 Å². The maximum Gasteiger partial charge on any atom is 0.369 e. The van der Waals surface area contributed by atoms with Crippen molar-refractivity contribution in [1.82, 2.24) is 0 Å². The molecule has 0 aromatic carbocycles. The second kappa shape index (κ2) is 9.97. The van der Waals surface area contributed by atoms with Gasteiger partial charge in [0, 0.05) is 20.8 Å². The zero-order chi connectivity index (χ0) is 22.4. The van der Waals surface area contributed by atoms with Crippen LogP contribution in [0.25, 0.3) is 0 Å². The zero-order valence-corrected chi connectivity index (χ0v) is 17.1. The molecule has 0 aliphatic carbocycles. The molecule has 1 rings (SSSR count). The summed E-state index contributed by atoms with van der Waals surface area (Å²) in [6, 6.07) is 0. The number of hydrogen-bond acceptors (Lipinski definition) is 10. The van der Waals surface area contributed by atoms with Crippen LogP contribution in [0.5, 0.6) is 0 Å². The van der Waals surface area contributed by atoms with Crippen molar-refractivity contribution in [2.75, 3.05) is 20.3 Å². The van der Waals surface area contributed by atoms with Gasteiger partial charge in [-0.25, -0.2) is 9.18 Å². The standard InChI is InChI=1S/C18H27FO10/c1-10-6-14(19)18(24,16(23)25-5)27-9-17(7-10,29-13(4)22)15(28-12(3)21)8-26-11(2)20/h10,14-15,24H,6-9H2,1-5H3. The van der Waals surface area contributed by atoms with Gasteiger partial charge in [-0.3, -0.25) is 14.4 Å². The first-order valence-corrected chi connectivity index (χ1v) is 8.95. The average molecular weight is 422 g/mol. The lowest BCUT2D eigenvalue weighted by atomic mass is 9.82.